The molecular formula is C27H27ClN4O4. The van der Waals surface area contributed by atoms with Crippen LogP contribution in [0.2, 0.25) is 5.02 Å². The lowest BCUT2D eigenvalue weighted by Crippen LogP contribution is -2.49. The Morgan fingerprint density at radius 2 is 1.89 bits per heavy atom. The maximum absolute atomic E-state index is 14.0. The van der Waals surface area contributed by atoms with Gasteiger partial charge in [0.05, 0.1) is 31.2 Å². The van der Waals surface area contributed by atoms with Crippen molar-refractivity contribution < 1.29 is 19.1 Å². The maximum Gasteiger partial charge on any atom is 0.277 e. The van der Waals surface area contributed by atoms with E-state index < -0.39 is 0 Å². The molecule has 2 amide bonds. The van der Waals surface area contributed by atoms with Crippen LogP contribution in [0.25, 0.3) is 5.69 Å². The molecule has 3 aromatic rings. The third-order valence-electron chi connectivity index (χ3n) is 7.22. The molecule has 1 saturated heterocycles. The maximum atomic E-state index is 14.0. The van der Waals surface area contributed by atoms with Crippen LogP contribution < -0.4 is 4.90 Å². The molecule has 2 aromatic carbocycles. The molecule has 0 atom stereocenters. The van der Waals surface area contributed by atoms with E-state index in [1.54, 1.807) is 33.7 Å². The minimum atomic E-state index is -0.333. The van der Waals surface area contributed by atoms with Crippen molar-refractivity contribution in [1.29, 1.82) is 0 Å². The Hall–Kier alpha value is -3.20. The average molecular weight is 507 g/mol. The SMILES string of the molecule is CN1CCc2ccc(N3CCc4c(COC5(C)COC5)nn(-c5cccc(Cl)c5)c4C3=O)cc2C1=O. The van der Waals surface area contributed by atoms with Crippen molar-refractivity contribution in [2.45, 2.75) is 32.0 Å². The highest BCUT2D eigenvalue weighted by molar-refractivity contribution is 6.30. The molecule has 8 nitrogen and oxygen atoms in total. The summed E-state index contributed by atoms with van der Waals surface area (Å²) in [6.07, 6.45) is 1.43. The summed E-state index contributed by atoms with van der Waals surface area (Å²) in [4.78, 5) is 30.2. The fourth-order valence-electron chi connectivity index (χ4n) is 5.05. The van der Waals surface area contributed by atoms with E-state index >= 15 is 0 Å². The molecule has 0 aliphatic carbocycles. The topological polar surface area (TPSA) is 76.9 Å². The van der Waals surface area contributed by atoms with Crippen molar-refractivity contribution >= 4 is 29.1 Å². The number of hydrogen-bond acceptors (Lipinski definition) is 5. The van der Waals surface area contributed by atoms with E-state index in [1.807, 2.05) is 37.3 Å². The highest BCUT2D eigenvalue weighted by atomic mass is 35.5. The van der Waals surface area contributed by atoms with Gasteiger partial charge in [-0.3, -0.25) is 9.59 Å². The minimum absolute atomic E-state index is 0.0138. The molecule has 6 rings (SSSR count). The van der Waals surface area contributed by atoms with Gasteiger partial charge in [0.2, 0.25) is 0 Å². The Kier molecular flexibility index (Phi) is 5.63. The number of fused-ring (bicyclic) bond motifs is 2. The lowest BCUT2D eigenvalue weighted by Gasteiger charge is -2.37. The normalized spacial score (nSPS) is 18.6. The number of hydrogen-bond donors (Lipinski definition) is 0. The summed E-state index contributed by atoms with van der Waals surface area (Å²) in [7, 11) is 1.81. The van der Waals surface area contributed by atoms with Crippen molar-refractivity contribution in [1.82, 2.24) is 14.7 Å². The van der Waals surface area contributed by atoms with Gasteiger partial charge < -0.3 is 19.3 Å². The molecule has 3 aliphatic heterocycles. The van der Waals surface area contributed by atoms with Crippen LogP contribution >= 0.6 is 11.6 Å². The second-order valence-electron chi connectivity index (χ2n) is 9.92. The first-order chi connectivity index (χ1) is 17.3. The zero-order chi connectivity index (χ0) is 25.0. The van der Waals surface area contributed by atoms with Crippen LogP contribution in [-0.2, 0) is 28.9 Å². The number of carbonyl (C=O) groups excluding carboxylic acids is 2. The van der Waals surface area contributed by atoms with Crippen LogP contribution in [0.4, 0.5) is 5.69 Å². The molecular weight excluding hydrogens is 480 g/mol. The number of carbonyl (C=O) groups is 2. The summed E-state index contributed by atoms with van der Waals surface area (Å²) in [5.41, 5.74) is 4.89. The predicted octanol–water partition coefficient (Wildman–Crippen LogP) is 3.66. The second-order valence-corrected chi connectivity index (χ2v) is 10.4. The number of benzene rings is 2. The fourth-order valence-corrected chi connectivity index (χ4v) is 5.23. The molecule has 0 bridgehead atoms. The van der Waals surface area contributed by atoms with E-state index in [-0.39, 0.29) is 17.4 Å². The number of nitrogens with zero attached hydrogens (tertiary/aromatic N) is 4. The highest BCUT2D eigenvalue weighted by Gasteiger charge is 2.37. The quantitative estimate of drug-likeness (QED) is 0.528. The zero-order valence-electron chi connectivity index (χ0n) is 20.3. The average Bonchev–Trinajstić information content (AvgIpc) is 3.24. The second kappa shape index (κ2) is 8.73. The molecule has 4 heterocycles. The van der Waals surface area contributed by atoms with Gasteiger partial charge in [-0.1, -0.05) is 23.7 Å². The standard InChI is InChI=1S/C27H27ClN4O4/c1-27(15-35-16-27)36-14-23-21-9-11-31(19-7-6-17-8-10-30(2)25(33)22(17)13-19)26(34)24(21)32(29-23)20-5-3-4-18(28)12-20/h3-7,12-13H,8-11,14-16H2,1-2H3. The van der Waals surface area contributed by atoms with Crippen LogP contribution in [0.5, 0.6) is 0 Å². The molecule has 1 aromatic heterocycles. The first-order valence-electron chi connectivity index (χ1n) is 12.1. The van der Waals surface area contributed by atoms with Gasteiger partial charge in [0.25, 0.3) is 11.8 Å². The number of ether oxygens (including phenoxy) is 2. The first-order valence-corrected chi connectivity index (χ1v) is 12.5. The van der Waals surface area contributed by atoms with Crippen molar-refractivity contribution in [3.63, 3.8) is 0 Å². The van der Waals surface area contributed by atoms with E-state index in [4.69, 9.17) is 26.2 Å². The summed E-state index contributed by atoms with van der Waals surface area (Å²) in [5.74, 6) is -0.176. The molecule has 36 heavy (non-hydrogen) atoms. The molecule has 0 spiro atoms. The largest absolute Gasteiger partial charge is 0.375 e. The van der Waals surface area contributed by atoms with Crippen molar-refractivity contribution in [2.24, 2.45) is 0 Å². The van der Waals surface area contributed by atoms with E-state index in [0.717, 1.165) is 23.2 Å². The molecule has 0 saturated carbocycles. The number of aromatic nitrogens is 2. The third-order valence-corrected chi connectivity index (χ3v) is 7.46. The molecule has 0 N–H and O–H groups in total. The minimum Gasteiger partial charge on any atom is -0.375 e. The van der Waals surface area contributed by atoms with Crippen LogP contribution in [0, 0.1) is 0 Å². The number of anilines is 1. The Balaban J connectivity index is 1.39. The molecule has 9 heteroatoms. The predicted molar refractivity (Wildman–Crippen MR) is 135 cm³/mol. The summed E-state index contributed by atoms with van der Waals surface area (Å²) < 4.78 is 13.1. The molecule has 0 unspecified atom stereocenters. The Morgan fingerprint density at radius 3 is 2.64 bits per heavy atom. The van der Waals surface area contributed by atoms with E-state index in [2.05, 4.69) is 0 Å². The smallest absolute Gasteiger partial charge is 0.277 e. The summed E-state index contributed by atoms with van der Waals surface area (Å²) in [6, 6.07) is 13.0. The van der Waals surface area contributed by atoms with Crippen LogP contribution in [0.3, 0.4) is 0 Å². The zero-order valence-corrected chi connectivity index (χ0v) is 21.0. The first kappa shape index (κ1) is 23.2. The van der Waals surface area contributed by atoms with Crippen LogP contribution in [-0.4, -0.2) is 65.4 Å². The van der Waals surface area contributed by atoms with Gasteiger partial charge in [0.15, 0.2) is 0 Å². The Morgan fingerprint density at radius 1 is 1.06 bits per heavy atom. The van der Waals surface area contributed by atoms with Gasteiger partial charge in [0.1, 0.15) is 11.3 Å². The van der Waals surface area contributed by atoms with Gasteiger partial charge in [-0.15, -0.1) is 0 Å². The summed E-state index contributed by atoms with van der Waals surface area (Å²) in [5, 5.41) is 5.38. The Bertz CT molecular complexity index is 1380. The van der Waals surface area contributed by atoms with Crippen molar-refractivity contribution in [3.8, 4) is 5.69 Å². The number of amides is 2. The van der Waals surface area contributed by atoms with Gasteiger partial charge in [-0.25, -0.2) is 4.68 Å². The Labute approximate surface area is 214 Å². The number of rotatable bonds is 5. The fraction of sp³-hybridized carbons (Fsp3) is 0.370. The van der Waals surface area contributed by atoms with Crippen molar-refractivity contribution in [2.75, 3.05) is 38.3 Å². The lowest BCUT2D eigenvalue weighted by molar-refractivity contribution is -0.205. The summed E-state index contributed by atoms with van der Waals surface area (Å²) in [6.45, 7) is 4.59. The van der Waals surface area contributed by atoms with Crippen LogP contribution in [0.1, 0.15) is 44.6 Å². The number of halogens is 1. The van der Waals surface area contributed by atoms with E-state index in [1.165, 1.54) is 0 Å². The number of likely N-dealkylation sites (N-methyl/N-ethyl adjacent to an activating group) is 1. The molecule has 186 valence electrons. The van der Waals surface area contributed by atoms with Gasteiger partial charge in [0, 0.05) is 42.0 Å². The van der Waals surface area contributed by atoms with Gasteiger partial charge in [-0.05, 0) is 55.7 Å². The van der Waals surface area contributed by atoms with Gasteiger partial charge in [-0.2, -0.15) is 5.10 Å². The molecule has 3 aliphatic rings. The highest BCUT2D eigenvalue weighted by Crippen LogP contribution is 2.32. The van der Waals surface area contributed by atoms with E-state index in [0.29, 0.717) is 67.0 Å². The summed E-state index contributed by atoms with van der Waals surface area (Å²) >= 11 is 6.28. The van der Waals surface area contributed by atoms with E-state index in [9.17, 15) is 9.59 Å². The lowest BCUT2D eigenvalue weighted by atomic mass is 9.97. The molecule has 1 fully saturated rings. The monoisotopic (exact) mass is 506 g/mol. The van der Waals surface area contributed by atoms with Gasteiger partial charge >= 0.3 is 0 Å². The van der Waals surface area contributed by atoms with Crippen molar-refractivity contribution in [3.05, 3.63) is 75.6 Å². The van der Waals surface area contributed by atoms with Crippen LogP contribution in [0.15, 0.2) is 42.5 Å². The third kappa shape index (κ3) is 3.89. The molecule has 0 radical (unpaired) electrons.